The molecule has 0 spiro atoms. The van der Waals surface area contributed by atoms with Crippen molar-refractivity contribution in [1.82, 2.24) is 10.2 Å². The van der Waals surface area contributed by atoms with E-state index in [2.05, 4.69) is 11.4 Å². The molecule has 1 aromatic carbocycles. The average Bonchev–Trinajstić information content (AvgIpc) is 3.42. The van der Waals surface area contributed by atoms with Crippen molar-refractivity contribution >= 4 is 34.9 Å². The summed E-state index contributed by atoms with van der Waals surface area (Å²) in [6.07, 6.45) is 7.10. The van der Waals surface area contributed by atoms with Crippen LogP contribution in [0.25, 0.3) is 0 Å². The van der Waals surface area contributed by atoms with E-state index < -0.39 is 6.04 Å². The van der Waals surface area contributed by atoms with Gasteiger partial charge in [-0.1, -0.05) is 49.2 Å². The predicted molar refractivity (Wildman–Crippen MR) is 120 cm³/mol. The van der Waals surface area contributed by atoms with Crippen LogP contribution in [0, 0.1) is 0 Å². The van der Waals surface area contributed by atoms with E-state index in [1.54, 1.807) is 11.3 Å². The van der Waals surface area contributed by atoms with E-state index in [0.29, 0.717) is 12.3 Å². The molecule has 4 rings (SSSR count). The monoisotopic (exact) mass is 426 g/mol. The van der Waals surface area contributed by atoms with Crippen molar-refractivity contribution in [3.63, 3.8) is 0 Å². The van der Waals surface area contributed by atoms with Gasteiger partial charge in [-0.25, -0.2) is 0 Å². The van der Waals surface area contributed by atoms with E-state index in [0.717, 1.165) is 43.2 Å². The lowest BCUT2D eigenvalue weighted by molar-refractivity contribution is -0.141. The Kier molecular flexibility index (Phi) is 6.72. The number of thioether (sulfide) groups is 1. The molecule has 1 unspecified atom stereocenters. The topological polar surface area (TPSA) is 49.4 Å². The summed E-state index contributed by atoms with van der Waals surface area (Å²) in [5.41, 5.74) is 2.04. The maximum absolute atomic E-state index is 13.5. The second kappa shape index (κ2) is 9.63. The van der Waals surface area contributed by atoms with Crippen LogP contribution in [0.15, 0.2) is 53.3 Å². The number of hydrogen-bond acceptors (Lipinski definition) is 4. The molecule has 1 aromatic heterocycles. The van der Waals surface area contributed by atoms with Gasteiger partial charge in [0.15, 0.2) is 0 Å². The van der Waals surface area contributed by atoms with Crippen molar-refractivity contribution in [2.75, 3.05) is 5.75 Å². The first-order chi connectivity index (χ1) is 14.2. The molecule has 152 valence electrons. The van der Waals surface area contributed by atoms with Crippen molar-refractivity contribution in [3.05, 3.63) is 69.3 Å². The predicted octanol–water partition coefficient (Wildman–Crippen LogP) is 4.68. The molecule has 0 saturated heterocycles. The SMILES string of the molecule is O=C(NCc1ccccc1)C1c2ccsc2C/C=C\SCC(=O)N1C1CCCC1. The maximum atomic E-state index is 13.5. The number of fused-ring (bicyclic) bond motifs is 1. The maximum Gasteiger partial charge on any atom is 0.247 e. The molecule has 1 saturated carbocycles. The number of allylic oxidation sites excluding steroid dienone is 1. The van der Waals surface area contributed by atoms with Crippen LogP contribution in [0.4, 0.5) is 0 Å². The summed E-state index contributed by atoms with van der Waals surface area (Å²) in [7, 11) is 0. The number of carbonyl (C=O) groups is 2. The van der Waals surface area contributed by atoms with Crippen LogP contribution in [0.2, 0.25) is 0 Å². The van der Waals surface area contributed by atoms with Gasteiger partial charge < -0.3 is 10.2 Å². The highest BCUT2D eigenvalue weighted by molar-refractivity contribution is 8.02. The Balaban J connectivity index is 1.67. The summed E-state index contributed by atoms with van der Waals surface area (Å²) in [5.74, 6) is 0.364. The third-order valence-electron chi connectivity index (χ3n) is 5.62. The van der Waals surface area contributed by atoms with Gasteiger partial charge in [-0.2, -0.15) is 0 Å². The van der Waals surface area contributed by atoms with Crippen molar-refractivity contribution in [1.29, 1.82) is 0 Å². The molecule has 2 aromatic rings. The Bertz CT molecular complexity index is 872. The fourth-order valence-corrected chi connectivity index (χ4v) is 5.72. The smallest absolute Gasteiger partial charge is 0.247 e. The van der Waals surface area contributed by atoms with Gasteiger partial charge in [0.1, 0.15) is 6.04 Å². The Hall–Kier alpha value is -2.05. The van der Waals surface area contributed by atoms with Gasteiger partial charge in [0, 0.05) is 23.9 Å². The molecular weight excluding hydrogens is 400 g/mol. The molecule has 1 fully saturated rings. The first kappa shape index (κ1) is 20.2. The third-order valence-corrected chi connectivity index (χ3v) is 7.38. The quantitative estimate of drug-likeness (QED) is 0.772. The average molecular weight is 427 g/mol. The summed E-state index contributed by atoms with van der Waals surface area (Å²) >= 11 is 3.19. The molecule has 2 heterocycles. The van der Waals surface area contributed by atoms with Gasteiger partial charge in [-0.05, 0) is 40.8 Å². The summed E-state index contributed by atoms with van der Waals surface area (Å²) in [4.78, 5) is 29.8. The minimum absolute atomic E-state index is 0.0606. The largest absolute Gasteiger partial charge is 0.350 e. The number of nitrogens with zero attached hydrogens (tertiary/aromatic N) is 1. The first-order valence-corrected chi connectivity index (χ1v) is 12.1. The van der Waals surface area contributed by atoms with Gasteiger partial charge in [0.25, 0.3) is 0 Å². The molecule has 29 heavy (non-hydrogen) atoms. The minimum Gasteiger partial charge on any atom is -0.350 e. The molecule has 1 aliphatic carbocycles. The molecule has 2 aliphatic rings. The Morgan fingerprint density at radius 2 is 1.93 bits per heavy atom. The summed E-state index contributed by atoms with van der Waals surface area (Å²) in [5, 5.41) is 7.16. The molecule has 0 radical (unpaired) electrons. The standard InChI is InChI=1S/C23H26N2O2S2/c26-21-16-28-13-6-11-20-19(12-14-29-20)22(25(21)18-9-4-5-10-18)23(27)24-15-17-7-2-1-3-8-17/h1-3,6-8,12-14,18,22H,4-5,9-11,15-16H2,(H,24,27)/b13-6-. The number of benzene rings is 1. The fourth-order valence-electron chi connectivity index (χ4n) is 4.22. The van der Waals surface area contributed by atoms with Crippen LogP contribution >= 0.6 is 23.1 Å². The number of amides is 2. The van der Waals surface area contributed by atoms with E-state index >= 15 is 0 Å². The summed E-state index contributed by atoms with van der Waals surface area (Å²) in [6, 6.07) is 11.5. The fraction of sp³-hybridized carbons (Fsp3) is 0.391. The number of nitrogens with one attached hydrogen (secondary N) is 1. The first-order valence-electron chi connectivity index (χ1n) is 10.2. The van der Waals surface area contributed by atoms with Gasteiger partial charge >= 0.3 is 0 Å². The second-order valence-electron chi connectivity index (χ2n) is 7.53. The van der Waals surface area contributed by atoms with Crippen LogP contribution in [-0.2, 0) is 22.6 Å². The molecule has 1 atom stereocenters. The summed E-state index contributed by atoms with van der Waals surface area (Å²) in [6.45, 7) is 0.469. The Morgan fingerprint density at radius 3 is 2.72 bits per heavy atom. The molecule has 6 heteroatoms. The number of carbonyl (C=O) groups excluding carboxylic acids is 2. The van der Waals surface area contributed by atoms with Crippen LogP contribution in [0.3, 0.4) is 0 Å². The van der Waals surface area contributed by atoms with E-state index in [-0.39, 0.29) is 17.9 Å². The van der Waals surface area contributed by atoms with Gasteiger partial charge in [-0.3, -0.25) is 9.59 Å². The highest BCUT2D eigenvalue weighted by atomic mass is 32.2. The van der Waals surface area contributed by atoms with Gasteiger partial charge in [0.2, 0.25) is 11.8 Å². The zero-order valence-electron chi connectivity index (χ0n) is 16.4. The normalized spacial score (nSPS) is 21.6. The number of thiophene rings is 1. The van der Waals surface area contributed by atoms with Crippen molar-refractivity contribution in [2.24, 2.45) is 0 Å². The van der Waals surface area contributed by atoms with Crippen LogP contribution < -0.4 is 5.32 Å². The van der Waals surface area contributed by atoms with E-state index in [9.17, 15) is 9.59 Å². The van der Waals surface area contributed by atoms with E-state index in [1.165, 1.54) is 16.6 Å². The lowest BCUT2D eigenvalue weighted by atomic mass is 10.0. The molecule has 0 bridgehead atoms. The van der Waals surface area contributed by atoms with Gasteiger partial charge in [0.05, 0.1) is 5.75 Å². The van der Waals surface area contributed by atoms with Crippen molar-refractivity contribution < 1.29 is 9.59 Å². The van der Waals surface area contributed by atoms with E-state index in [1.807, 2.05) is 52.1 Å². The molecule has 2 amide bonds. The van der Waals surface area contributed by atoms with Gasteiger partial charge in [-0.15, -0.1) is 23.1 Å². The lowest BCUT2D eigenvalue weighted by Gasteiger charge is -2.36. The zero-order chi connectivity index (χ0) is 20.1. The number of hydrogen-bond donors (Lipinski definition) is 1. The van der Waals surface area contributed by atoms with Crippen molar-refractivity contribution in [2.45, 2.75) is 50.7 Å². The highest BCUT2D eigenvalue weighted by Gasteiger charge is 2.38. The third kappa shape index (κ3) is 4.75. The molecule has 4 nitrogen and oxygen atoms in total. The van der Waals surface area contributed by atoms with E-state index in [4.69, 9.17) is 0 Å². The molecule has 1 N–H and O–H groups in total. The minimum atomic E-state index is -0.553. The molecule has 1 aliphatic heterocycles. The number of rotatable bonds is 4. The molecular formula is C23H26N2O2S2. The van der Waals surface area contributed by atoms with Crippen LogP contribution in [0.5, 0.6) is 0 Å². The summed E-state index contributed by atoms with van der Waals surface area (Å²) < 4.78 is 0. The second-order valence-corrected chi connectivity index (χ2v) is 9.43. The van der Waals surface area contributed by atoms with Crippen molar-refractivity contribution in [3.8, 4) is 0 Å². The lowest BCUT2D eigenvalue weighted by Crippen LogP contribution is -2.48. The highest BCUT2D eigenvalue weighted by Crippen LogP contribution is 2.36. The van der Waals surface area contributed by atoms with Crippen LogP contribution in [0.1, 0.15) is 47.7 Å². The van der Waals surface area contributed by atoms with Crippen LogP contribution in [-0.4, -0.2) is 28.5 Å². The Morgan fingerprint density at radius 1 is 1.14 bits per heavy atom. The Labute approximate surface area is 180 Å². The zero-order valence-corrected chi connectivity index (χ0v) is 18.0.